The van der Waals surface area contributed by atoms with E-state index in [1.165, 1.54) is 0 Å². The molecule has 17 heavy (non-hydrogen) atoms. The van der Waals surface area contributed by atoms with Crippen molar-refractivity contribution in [3.05, 3.63) is 28.3 Å². The monoisotopic (exact) mass is 265 g/mol. The van der Waals surface area contributed by atoms with E-state index in [1.54, 1.807) is 0 Å². The molecule has 0 radical (unpaired) electrons. The number of methoxy groups -OCH3 is 1. The maximum atomic E-state index is 13.7. The summed E-state index contributed by atoms with van der Waals surface area (Å²) < 4.78 is 31.8. The van der Waals surface area contributed by atoms with Gasteiger partial charge in [-0.15, -0.1) is 0 Å². The van der Waals surface area contributed by atoms with E-state index in [0.717, 1.165) is 13.2 Å². The van der Waals surface area contributed by atoms with E-state index in [1.807, 2.05) is 0 Å². The van der Waals surface area contributed by atoms with E-state index in [-0.39, 0.29) is 5.56 Å². The van der Waals surface area contributed by atoms with E-state index in [2.05, 4.69) is 4.74 Å². The van der Waals surface area contributed by atoms with Crippen LogP contribution < -0.4 is 10.5 Å². The largest absolute Gasteiger partial charge is 0.493 e. The quantitative estimate of drug-likeness (QED) is 0.818. The van der Waals surface area contributed by atoms with Crippen molar-refractivity contribution in [2.24, 2.45) is 5.73 Å². The molecule has 4 nitrogen and oxygen atoms in total. The predicted octanol–water partition coefficient (Wildman–Crippen LogP) is 2.10. The molecule has 3 N–H and O–H groups in total. The Hall–Kier alpha value is -1.40. The Labute approximate surface area is 101 Å². The molecule has 0 bridgehead atoms. The molecule has 1 aromatic rings. The molecule has 0 aliphatic rings. The summed E-state index contributed by atoms with van der Waals surface area (Å²) >= 11 is 5.46. The lowest BCUT2D eigenvalue weighted by Crippen LogP contribution is -2.18. The van der Waals surface area contributed by atoms with Crippen LogP contribution in [0.15, 0.2) is 6.07 Å². The van der Waals surface area contributed by atoms with Crippen LogP contribution in [0.5, 0.6) is 5.75 Å². The van der Waals surface area contributed by atoms with Gasteiger partial charge < -0.3 is 15.6 Å². The molecule has 0 aliphatic carbocycles. The first-order valence-corrected chi connectivity index (χ1v) is 4.95. The molecule has 94 valence electrons. The Bertz CT molecular complexity index is 454. The molecular formula is C10H10ClF2NO3. The third kappa shape index (κ3) is 2.83. The minimum absolute atomic E-state index is 0.375. The number of carboxylic acids is 1. The number of hydrogen-bond acceptors (Lipinski definition) is 3. The van der Waals surface area contributed by atoms with Crippen molar-refractivity contribution in [1.29, 1.82) is 0 Å². The summed E-state index contributed by atoms with van der Waals surface area (Å²) in [6.07, 6.45) is -0.562. The van der Waals surface area contributed by atoms with Gasteiger partial charge in [-0.05, 0) is 6.07 Å². The number of carboxylic acid groups (broad SMARTS) is 1. The second-order valence-electron chi connectivity index (χ2n) is 3.31. The number of aliphatic carboxylic acids is 1. The van der Waals surface area contributed by atoms with Crippen LogP contribution in [0.25, 0.3) is 0 Å². The number of halogens is 3. The number of carbonyl (C=O) groups is 1. The highest BCUT2D eigenvalue weighted by atomic mass is 35.5. The van der Waals surface area contributed by atoms with Crippen molar-refractivity contribution in [2.45, 2.75) is 12.5 Å². The fourth-order valence-electron chi connectivity index (χ4n) is 1.43. The van der Waals surface area contributed by atoms with Crippen LogP contribution in [-0.4, -0.2) is 18.2 Å². The Kier molecular flexibility index (Phi) is 4.25. The van der Waals surface area contributed by atoms with Gasteiger partial charge in [-0.1, -0.05) is 11.6 Å². The lowest BCUT2D eigenvalue weighted by Gasteiger charge is -2.16. The summed E-state index contributed by atoms with van der Waals surface area (Å²) in [5.74, 6) is -3.53. The maximum absolute atomic E-state index is 13.7. The lowest BCUT2D eigenvalue weighted by atomic mass is 10.0. The van der Waals surface area contributed by atoms with Crippen LogP contribution in [0.4, 0.5) is 8.78 Å². The smallest absolute Gasteiger partial charge is 0.305 e. The SMILES string of the molecule is COc1c(F)cc(Cl)c(F)c1C(N)CC(=O)O. The van der Waals surface area contributed by atoms with Crippen LogP contribution in [-0.2, 0) is 4.79 Å². The number of ether oxygens (including phenoxy) is 1. The number of hydrogen-bond donors (Lipinski definition) is 2. The van der Waals surface area contributed by atoms with Crippen molar-refractivity contribution in [1.82, 2.24) is 0 Å². The average molecular weight is 266 g/mol. The van der Waals surface area contributed by atoms with E-state index < -0.39 is 40.8 Å². The zero-order valence-electron chi connectivity index (χ0n) is 8.84. The highest BCUT2D eigenvalue weighted by Gasteiger charge is 2.25. The van der Waals surface area contributed by atoms with Crippen LogP contribution in [0, 0.1) is 11.6 Å². The molecule has 0 saturated carbocycles. The first kappa shape index (κ1) is 13.7. The van der Waals surface area contributed by atoms with Crippen molar-refractivity contribution < 1.29 is 23.4 Å². The van der Waals surface area contributed by atoms with Crippen LogP contribution >= 0.6 is 11.6 Å². The molecule has 0 spiro atoms. The zero-order chi connectivity index (χ0) is 13.2. The Balaban J connectivity index is 3.33. The van der Waals surface area contributed by atoms with Gasteiger partial charge in [-0.3, -0.25) is 4.79 Å². The Morgan fingerprint density at radius 2 is 2.24 bits per heavy atom. The van der Waals surface area contributed by atoms with Crippen molar-refractivity contribution in [3.63, 3.8) is 0 Å². The lowest BCUT2D eigenvalue weighted by molar-refractivity contribution is -0.137. The third-order valence-corrected chi connectivity index (χ3v) is 2.41. The summed E-state index contributed by atoms with van der Waals surface area (Å²) in [4.78, 5) is 10.5. The van der Waals surface area contributed by atoms with Gasteiger partial charge in [0.25, 0.3) is 0 Å². The fraction of sp³-hybridized carbons (Fsp3) is 0.300. The molecule has 0 saturated heterocycles. The number of benzene rings is 1. The summed E-state index contributed by atoms with van der Waals surface area (Å²) in [5, 5.41) is 8.10. The molecule has 0 aliphatic heterocycles. The van der Waals surface area contributed by atoms with Gasteiger partial charge >= 0.3 is 5.97 Å². The van der Waals surface area contributed by atoms with Gasteiger partial charge in [0.05, 0.1) is 24.1 Å². The van der Waals surface area contributed by atoms with Gasteiger partial charge in [-0.25, -0.2) is 8.78 Å². The molecule has 1 unspecified atom stereocenters. The second kappa shape index (κ2) is 5.29. The van der Waals surface area contributed by atoms with E-state index in [4.69, 9.17) is 22.4 Å². The first-order chi connectivity index (χ1) is 7.88. The molecular weight excluding hydrogens is 256 g/mol. The summed E-state index contributed by atoms with van der Waals surface area (Å²) in [6.45, 7) is 0. The van der Waals surface area contributed by atoms with Crippen molar-refractivity contribution in [3.8, 4) is 5.75 Å². The summed E-state index contributed by atoms with van der Waals surface area (Å²) in [5.41, 5.74) is 5.11. The maximum Gasteiger partial charge on any atom is 0.305 e. The van der Waals surface area contributed by atoms with Gasteiger partial charge in [-0.2, -0.15) is 0 Å². The summed E-state index contributed by atoms with van der Waals surface area (Å²) in [6, 6.07) is -0.497. The highest BCUT2D eigenvalue weighted by molar-refractivity contribution is 6.30. The predicted molar refractivity (Wildman–Crippen MR) is 57.1 cm³/mol. The van der Waals surface area contributed by atoms with Gasteiger partial charge in [0, 0.05) is 6.04 Å². The molecule has 1 aromatic carbocycles. The fourth-order valence-corrected chi connectivity index (χ4v) is 1.62. The minimum atomic E-state index is -1.24. The molecule has 7 heteroatoms. The summed E-state index contributed by atoms with van der Waals surface area (Å²) in [7, 11) is 1.13. The van der Waals surface area contributed by atoms with Gasteiger partial charge in [0.15, 0.2) is 11.6 Å². The number of rotatable bonds is 4. The van der Waals surface area contributed by atoms with Crippen LogP contribution in [0.1, 0.15) is 18.0 Å². The molecule has 0 fully saturated rings. The topological polar surface area (TPSA) is 72.5 Å². The second-order valence-corrected chi connectivity index (χ2v) is 3.71. The minimum Gasteiger partial charge on any atom is -0.493 e. The van der Waals surface area contributed by atoms with Gasteiger partial charge in [0.1, 0.15) is 5.82 Å². The van der Waals surface area contributed by atoms with Crippen LogP contribution in [0.2, 0.25) is 5.02 Å². The first-order valence-electron chi connectivity index (χ1n) is 4.57. The standard InChI is InChI=1S/C10H10ClF2NO3/c1-17-10-5(12)2-4(11)9(13)8(10)6(14)3-7(15)16/h2,6H,3,14H2,1H3,(H,15,16). The van der Waals surface area contributed by atoms with Crippen molar-refractivity contribution >= 4 is 17.6 Å². The zero-order valence-corrected chi connectivity index (χ0v) is 9.59. The number of nitrogens with two attached hydrogens (primary N) is 1. The normalized spacial score (nSPS) is 12.3. The van der Waals surface area contributed by atoms with E-state index >= 15 is 0 Å². The Morgan fingerprint density at radius 3 is 2.71 bits per heavy atom. The van der Waals surface area contributed by atoms with Crippen molar-refractivity contribution in [2.75, 3.05) is 7.11 Å². The molecule has 0 aromatic heterocycles. The average Bonchev–Trinajstić information content (AvgIpc) is 2.21. The molecule has 1 rings (SSSR count). The molecule has 0 heterocycles. The third-order valence-electron chi connectivity index (χ3n) is 2.13. The molecule has 1 atom stereocenters. The molecule has 0 amide bonds. The van der Waals surface area contributed by atoms with E-state index in [9.17, 15) is 13.6 Å². The van der Waals surface area contributed by atoms with E-state index in [0.29, 0.717) is 0 Å². The van der Waals surface area contributed by atoms with Gasteiger partial charge in [0.2, 0.25) is 0 Å². The Morgan fingerprint density at radius 1 is 1.65 bits per heavy atom. The highest BCUT2D eigenvalue weighted by Crippen LogP contribution is 2.35. The van der Waals surface area contributed by atoms with Crippen LogP contribution in [0.3, 0.4) is 0 Å².